The second-order valence-electron chi connectivity index (χ2n) is 11.4. The van der Waals surface area contributed by atoms with E-state index in [0.29, 0.717) is 11.8 Å². The summed E-state index contributed by atoms with van der Waals surface area (Å²) < 4.78 is 2.05. The molecule has 3 heterocycles. The first-order valence-electron chi connectivity index (χ1n) is 12.9. The van der Waals surface area contributed by atoms with E-state index in [1.807, 2.05) is 23.0 Å². The lowest BCUT2D eigenvalue weighted by Gasteiger charge is -2.61. The fraction of sp³-hybridized carbons (Fsp3) is 0.667. The maximum atomic E-state index is 12.6. The largest absolute Gasteiger partial charge is 0.508 e. The first-order chi connectivity index (χ1) is 15.9. The van der Waals surface area contributed by atoms with Crippen LogP contribution < -0.4 is 0 Å². The zero-order chi connectivity index (χ0) is 22.8. The zero-order valence-electron chi connectivity index (χ0n) is 20.1. The third-order valence-corrected chi connectivity index (χ3v) is 9.30. The molecule has 0 spiro atoms. The summed E-state index contributed by atoms with van der Waals surface area (Å²) in [6.07, 6.45) is 10.3. The second kappa shape index (κ2) is 7.82. The number of piperidine rings is 1. The Labute approximate surface area is 197 Å². The van der Waals surface area contributed by atoms with Crippen LogP contribution in [0, 0.1) is 12.8 Å². The molecule has 6 heteroatoms. The fourth-order valence-corrected chi connectivity index (χ4v) is 7.28. The van der Waals surface area contributed by atoms with Crippen molar-refractivity contribution in [1.82, 2.24) is 19.6 Å². The van der Waals surface area contributed by atoms with Crippen LogP contribution in [0.25, 0.3) is 0 Å². The molecule has 3 fully saturated rings. The lowest BCUT2D eigenvalue weighted by atomic mass is 9.52. The van der Waals surface area contributed by atoms with Crippen molar-refractivity contribution in [2.24, 2.45) is 5.92 Å². The molecule has 2 aromatic rings. The molecule has 4 aliphatic rings. The highest BCUT2D eigenvalue weighted by molar-refractivity contribution is 5.48. The van der Waals surface area contributed by atoms with E-state index in [-0.39, 0.29) is 11.5 Å². The first-order valence-corrected chi connectivity index (χ1v) is 12.9. The molecule has 2 N–H and O–H groups in total. The lowest BCUT2D eigenvalue weighted by Crippen LogP contribution is -2.71. The van der Waals surface area contributed by atoms with Crippen molar-refractivity contribution in [1.29, 1.82) is 0 Å². The molecular weight excluding hydrogens is 412 g/mol. The number of aryl methyl sites for hydroxylation is 1. The number of likely N-dealkylation sites (tertiary alicyclic amines) is 2. The molecule has 178 valence electrons. The molecule has 1 saturated carbocycles. The number of aromatic hydroxyl groups is 1. The van der Waals surface area contributed by atoms with Gasteiger partial charge in [0.2, 0.25) is 0 Å². The summed E-state index contributed by atoms with van der Waals surface area (Å²) in [5.74, 6) is 1.15. The Morgan fingerprint density at radius 3 is 2.70 bits per heavy atom. The highest BCUT2D eigenvalue weighted by Crippen LogP contribution is 2.56. The molecule has 6 nitrogen and oxygen atoms in total. The number of aromatic nitrogens is 2. The molecule has 0 radical (unpaired) electrons. The van der Waals surface area contributed by atoms with Gasteiger partial charge < -0.3 is 10.2 Å². The van der Waals surface area contributed by atoms with Gasteiger partial charge in [-0.05, 0) is 100 Å². The molecule has 2 aliphatic carbocycles. The van der Waals surface area contributed by atoms with E-state index >= 15 is 0 Å². The molecule has 3 unspecified atom stereocenters. The maximum Gasteiger partial charge on any atom is 0.115 e. The van der Waals surface area contributed by atoms with Crippen LogP contribution in [-0.4, -0.2) is 73.7 Å². The van der Waals surface area contributed by atoms with E-state index in [2.05, 4.69) is 41.0 Å². The van der Waals surface area contributed by atoms with Crippen LogP contribution in [0.2, 0.25) is 0 Å². The van der Waals surface area contributed by atoms with Gasteiger partial charge in [0.15, 0.2) is 0 Å². The van der Waals surface area contributed by atoms with E-state index in [4.69, 9.17) is 0 Å². The number of nitrogens with zero attached hydrogens (tertiary/aromatic N) is 4. The third-order valence-electron chi connectivity index (χ3n) is 9.30. The van der Waals surface area contributed by atoms with Crippen LogP contribution in [0.3, 0.4) is 0 Å². The maximum absolute atomic E-state index is 12.6. The normalized spacial score (nSPS) is 33.2. The predicted molar refractivity (Wildman–Crippen MR) is 128 cm³/mol. The molecule has 2 aliphatic heterocycles. The van der Waals surface area contributed by atoms with Crippen molar-refractivity contribution in [3.05, 3.63) is 47.3 Å². The summed E-state index contributed by atoms with van der Waals surface area (Å²) in [6.45, 7) is 9.30. The summed E-state index contributed by atoms with van der Waals surface area (Å²) in [7, 11) is 0. The Kier molecular flexibility index (Phi) is 5.13. The third kappa shape index (κ3) is 3.53. The average Bonchev–Trinajstić information content (AvgIpc) is 3.53. The topological polar surface area (TPSA) is 64.8 Å². The minimum absolute atomic E-state index is 0.174. The summed E-state index contributed by atoms with van der Waals surface area (Å²) in [4.78, 5) is 5.18. The Hall–Kier alpha value is -1.89. The highest BCUT2D eigenvalue weighted by Gasteiger charge is 2.63. The van der Waals surface area contributed by atoms with Gasteiger partial charge in [0.05, 0.1) is 18.3 Å². The molecule has 0 amide bonds. The average molecular weight is 451 g/mol. The van der Waals surface area contributed by atoms with E-state index in [9.17, 15) is 10.2 Å². The van der Waals surface area contributed by atoms with Crippen LogP contribution in [0.15, 0.2) is 30.6 Å². The van der Waals surface area contributed by atoms with Crippen LogP contribution in [0.5, 0.6) is 5.75 Å². The Balaban J connectivity index is 1.33. The smallest absolute Gasteiger partial charge is 0.115 e. The van der Waals surface area contributed by atoms with Crippen molar-refractivity contribution < 1.29 is 10.2 Å². The van der Waals surface area contributed by atoms with E-state index < -0.39 is 5.60 Å². The van der Waals surface area contributed by atoms with Crippen LogP contribution >= 0.6 is 0 Å². The van der Waals surface area contributed by atoms with Crippen LogP contribution in [0.4, 0.5) is 0 Å². The number of phenolic OH excluding ortho intramolecular Hbond substituents is 1. The summed E-state index contributed by atoms with van der Waals surface area (Å²) in [6, 6.07) is 6.45. The molecule has 1 aromatic carbocycles. The van der Waals surface area contributed by atoms with Gasteiger partial charge in [0, 0.05) is 36.8 Å². The molecule has 33 heavy (non-hydrogen) atoms. The van der Waals surface area contributed by atoms with Crippen molar-refractivity contribution in [3.8, 4) is 5.75 Å². The summed E-state index contributed by atoms with van der Waals surface area (Å²) in [5, 5.41) is 27.5. The van der Waals surface area contributed by atoms with Crippen molar-refractivity contribution in [3.63, 3.8) is 0 Å². The molecule has 2 bridgehead atoms. The minimum atomic E-state index is -0.752. The standard InChI is InChI=1S/C27H38N4O2/c1-19-15-28-31(16-19)17-20(2)29-10-7-26-8-11-30(18-21-3-4-21)25(27(26,33)9-12-29)13-22-5-6-23(32)14-24(22)26/h5-6,14-16,20-21,25,32-33H,3-4,7-13,17-18H2,1-2H3/t20-,25?,26?,27?/m0/s1. The van der Waals surface area contributed by atoms with Crippen molar-refractivity contribution >= 4 is 0 Å². The number of fused-ring (bicyclic) bond motifs is 1. The number of hydrogen-bond acceptors (Lipinski definition) is 5. The number of benzene rings is 1. The molecule has 1 aromatic heterocycles. The number of phenols is 1. The zero-order valence-corrected chi connectivity index (χ0v) is 20.1. The number of hydrogen-bond donors (Lipinski definition) is 2. The molecule has 4 atom stereocenters. The predicted octanol–water partition coefficient (Wildman–Crippen LogP) is 3.09. The highest BCUT2D eigenvalue weighted by atomic mass is 16.3. The van der Waals surface area contributed by atoms with E-state index in [1.165, 1.54) is 29.5 Å². The number of rotatable bonds is 5. The fourth-order valence-electron chi connectivity index (χ4n) is 7.28. The number of aliphatic hydroxyl groups is 1. The monoisotopic (exact) mass is 450 g/mol. The molecule has 6 rings (SSSR count). The van der Waals surface area contributed by atoms with Crippen molar-refractivity contribution in [2.75, 3.05) is 26.2 Å². The van der Waals surface area contributed by atoms with E-state index in [1.54, 1.807) is 0 Å². The molecule has 2 saturated heterocycles. The van der Waals surface area contributed by atoms with Crippen molar-refractivity contribution in [2.45, 2.75) is 82.0 Å². The van der Waals surface area contributed by atoms with Gasteiger partial charge >= 0.3 is 0 Å². The van der Waals surface area contributed by atoms with Gasteiger partial charge in [-0.25, -0.2) is 0 Å². The summed E-state index contributed by atoms with van der Waals surface area (Å²) >= 11 is 0. The lowest BCUT2D eigenvalue weighted by molar-refractivity contribution is -0.149. The van der Waals surface area contributed by atoms with Gasteiger partial charge in [0.1, 0.15) is 5.75 Å². The van der Waals surface area contributed by atoms with Gasteiger partial charge in [0.25, 0.3) is 0 Å². The molecular formula is C27H38N4O2. The van der Waals surface area contributed by atoms with Gasteiger partial charge in [-0.2, -0.15) is 5.10 Å². The van der Waals surface area contributed by atoms with E-state index in [0.717, 1.165) is 64.3 Å². The summed E-state index contributed by atoms with van der Waals surface area (Å²) in [5.41, 5.74) is 2.71. The minimum Gasteiger partial charge on any atom is -0.508 e. The SMILES string of the molecule is Cc1cnn(C[C@H](C)N2CCC34CCN(CC5CC5)C(Cc5ccc(O)cc53)C4(O)CC2)c1. The van der Waals surface area contributed by atoms with Crippen LogP contribution in [0.1, 0.15) is 55.7 Å². The van der Waals surface area contributed by atoms with Gasteiger partial charge in [-0.3, -0.25) is 14.5 Å². The van der Waals surface area contributed by atoms with Gasteiger partial charge in [-0.15, -0.1) is 0 Å². The Morgan fingerprint density at radius 1 is 1.15 bits per heavy atom. The Morgan fingerprint density at radius 2 is 1.94 bits per heavy atom. The quantitative estimate of drug-likeness (QED) is 0.733. The van der Waals surface area contributed by atoms with Gasteiger partial charge in [-0.1, -0.05) is 6.07 Å². The first kappa shape index (κ1) is 21.6. The Bertz CT molecular complexity index is 1030. The second-order valence-corrected chi connectivity index (χ2v) is 11.4. The van der Waals surface area contributed by atoms with Crippen LogP contribution in [-0.2, 0) is 18.4 Å².